The van der Waals surface area contributed by atoms with Crippen LogP contribution in [0.2, 0.25) is 0 Å². The summed E-state index contributed by atoms with van der Waals surface area (Å²) in [5.41, 5.74) is 5.35. The van der Waals surface area contributed by atoms with Gasteiger partial charge >= 0.3 is 0 Å². The lowest BCUT2D eigenvalue weighted by Gasteiger charge is -2.05. The third-order valence-corrected chi connectivity index (χ3v) is 1.71. The maximum Gasteiger partial charge on any atom is 0.239 e. The minimum atomic E-state index is -0.169. The number of guanidine groups is 1. The average Bonchev–Trinajstić information content (AvgIpc) is 2.75. The molecule has 0 fully saturated rings. The molecular weight excluding hydrogens is 196 g/mol. The molecule has 6 heteroatoms. The second-order valence-electron chi connectivity index (χ2n) is 2.82. The van der Waals surface area contributed by atoms with Gasteiger partial charge in [0.05, 0.1) is 19.4 Å². The van der Waals surface area contributed by atoms with Gasteiger partial charge in [0.25, 0.3) is 0 Å². The summed E-state index contributed by atoms with van der Waals surface area (Å²) >= 11 is 0. The predicted molar refractivity (Wildman–Crippen MR) is 56.1 cm³/mol. The lowest BCUT2D eigenvalue weighted by molar-refractivity contribution is -0.120. The first-order chi connectivity index (χ1) is 7.22. The van der Waals surface area contributed by atoms with Crippen molar-refractivity contribution in [3.8, 4) is 0 Å². The van der Waals surface area contributed by atoms with E-state index < -0.39 is 0 Å². The van der Waals surface area contributed by atoms with Crippen LogP contribution in [0.25, 0.3) is 0 Å². The fraction of sp³-hybridized carbons (Fsp3) is 0.333. The van der Waals surface area contributed by atoms with E-state index in [4.69, 9.17) is 10.2 Å². The summed E-state index contributed by atoms with van der Waals surface area (Å²) in [6, 6.07) is 3.55. The quantitative estimate of drug-likeness (QED) is 0.458. The van der Waals surface area contributed by atoms with Crippen molar-refractivity contribution in [1.29, 1.82) is 0 Å². The number of carbonyl (C=O) groups excluding carboxylic acids is 1. The minimum absolute atomic E-state index is 0.101. The summed E-state index contributed by atoms with van der Waals surface area (Å²) in [5.74, 6) is 0.779. The van der Waals surface area contributed by atoms with E-state index in [0.29, 0.717) is 12.3 Å². The van der Waals surface area contributed by atoms with Crippen LogP contribution in [0.4, 0.5) is 0 Å². The zero-order valence-corrected chi connectivity index (χ0v) is 8.49. The van der Waals surface area contributed by atoms with E-state index in [0.717, 1.165) is 0 Å². The van der Waals surface area contributed by atoms with Crippen molar-refractivity contribution in [2.75, 3.05) is 13.6 Å². The van der Waals surface area contributed by atoms with E-state index in [-0.39, 0.29) is 18.4 Å². The highest BCUT2D eigenvalue weighted by Crippen LogP contribution is 1.97. The summed E-state index contributed by atoms with van der Waals surface area (Å²) < 4.78 is 5.05. The molecule has 1 amide bonds. The average molecular weight is 210 g/mol. The third-order valence-electron chi connectivity index (χ3n) is 1.71. The molecule has 0 radical (unpaired) electrons. The molecule has 0 unspecified atom stereocenters. The number of rotatable bonds is 4. The highest BCUT2D eigenvalue weighted by Gasteiger charge is 2.02. The van der Waals surface area contributed by atoms with Crippen LogP contribution < -0.4 is 16.4 Å². The van der Waals surface area contributed by atoms with E-state index in [2.05, 4.69) is 15.6 Å². The Morgan fingerprint density at radius 1 is 1.60 bits per heavy atom. The standard InChI is InChI=1S/C9H14N4O2/c1-11-9(10)13-6-8(14)12-5-7-3-2-4-15-7/h2-4H,5-6H2,1H3,(H,12,14)(H3,10,11,13). The number of aliphatic imine (C=N–C) groups is 1. The summed E-state index contributed by atoms with van der Waals surface area (Å²) in [6.45, 7) is 0.473. The number of hydrogen-bond donors (Lipinski definition) is 3. The molecule has 0 bridgehead atoms. The topological polar surface area (TPSA) is 92.6 Å². The molecule has 0 aromatic carbocycles. The maximum absolute atomic E-state index is 11.2. The molecule has 4 N–H and O–H groups in total. The van der Waals surface area contributed by atoms with Gasteiger partial charge in [-0.3, -0.25) is 9.79 Å². The van der Waals surface area contributed by atoms with Crippen LogP contribution in [0.1, 0.15) is 5.76 Å². The molecule has 0 spiro atoms. The molecule has 1 aromatic heterocycles. The molecule has 0 atom stereocenters. The smallest absolute Gasteiger partial charge is 0.239 e. The zero-order chi connectivity index (χ0) is 11.1. The Labute approximate surface area is 87.5 Å². The minimum Gasteiger partial charge on any atom is -0.467 e. The van der Waals surface area contributed by atoms with Gasteiger partial charge in [-0.1, -0.05) is 0 Å². The van der Waals surface area contributed by atoms with Crippen molar-refractivity contribution < 1.29 is 9.21 Å². The summed E-state index contributed by atoms with van der Waals surface area (Å²) in [5, 5.41) is 5.31. The van der Waals surface area contributed by atoms with Gasteiger partial charge in [0.2, 0.25) is 5.91 Å². The molecule has 0 aliphatic rings. The Morgan fingerprint density at radius 3 is 3.00 bits per heavy atom. The molecule has 82 valence electrons. The lowest BCUT2D eigenvalue weighted by Crippen LogP contribution is -2.40. The first kappa shape index (κ1) is 11.1. The van der Waals surface area contributed by atoms with E-state index >= 15 is 0 Å². The van der Waals surface area contributed by atoms with Gasteiger partial charge in [-0.05, 0) is 12.1 Å². The highest BCUT2D eigenvalue weighted by molar-refractivity contribution is 5.85. The van der Waals surface area contributed by atoms with Crippen LogP contribution in [-0.4, -0.2) is 25.5 Å². The molecule has 0 aliphatic heterocycles. The van der Waals surface area contributed by atoms with Crippen molar-refractivity contribution in [3.05, 3.63) is 24.2 Å². The molecular formula is C9H14N4O2. The van der Waals surface area contributed by atoms with Crippen LogP contribution in [0.15, 0.2) is 27.8 Å². The van der Waals surface area contributed by atoms with E-state index in [1.165, 1.54) is 0 Å². The zero-order valence-electron chi connectivity index (χ0n) is 8.49. The second kappa shape index (κ2) is 5.69. The Balaban J connectivity index is 2.19. The molecule has 1 heterocycles. The highest BCUT2D eigenvalue weighted by atomic mass is 16.3. The summed E-state index contributed by atoms with van der Waals surface area (Å²) in [6.07, 6.45) is 1.56. The third kappa shape index (κ3) is 4.17. The van der Waals surface area contributed by atoms with E-state index in [1.54, 1.807) is 25.4 Å². The lowest BCUT2D eigenvalue weighted by atomic mass is 10.4. The van der Waals surface area contributed by atoms with Crippen molar-refractivity contribution in [2.45, 2.75) is 6.54 Å². The second-order valence-corrected chi connectivity index (χ2v) is 2.82. The van der Waals surface area contributed by atoms with E-state index in [9.17, 15) is 4.79 Å². The van der Waals surface area contributed by atoms with Gasteiger partial charge in [0.15, 0.2) is 5.96 Å². The Hall–Kier alpha value is -1.98. The number of amides is 1. The monoisotopic (exact) mass is 210 g/mol. The molecule has 0 saturated carbocycles. The number of carbonyl (C=O) groups is 1. The van der Waals surface area contributed by atoms with Crippen LogP contribution in [0.5, 0.6) is 0 Å². The van der Waals surface area contributed by atoms with Crippen LogP contribution in [0.3, 0.4) is 0 Å². The molecule has 6 nitrogen and oxygen atoms in total. The maximum atomic E-state index is 11.2. The molecule has 15 heavy (non-hydrogen) atoms. The first-order valence-corrected chi connectivity index (χ1v) is 4.47. The van der Waals surface area contributed by atoms with Gasteiger partial charge in [0.1, 0.15) is 5.76 Å². The fourth-order valence-corrected chi connectivity index (χ4v) is 0.911. The van der Waals surface area contributed by atoms with Crippen LogP contribution >= 0.6 is 0 Å². The fourth-order valence-electron chi connectivity index (χ4n) is 0.911. The molecule has 0 saturated heterocycles. The Morgan fingerprint density at radius 2 is 2.40 bits per heavy atom. The predicted octanol–water partition coefficient (Wildman–Crippen LogP) is -0.570. The number of hydrogen-bond acceptors (Lipinski definition) is 3. The van der Waals surface area contributed by atoms with Crippen LogP contribution in [-0.2, 0) is 11.3 Å². The summed E-state index contributed by atoms with van der Waals surface area (Å²) in [7, 11) is 1.54. The number of furan rings is 1. The summed E-state index contributed by atoms with van der Waals surface area (Å²) in [4.78, 5) is 14.9. The number of nitrogens with one attached hydrogen (secondary N) is 2. The van der Waals surface area contributed by atoms with Crippen molar-refractivity contribution in [2.24, 2.45) is 10.7 Å². The largest absolute Gasteiger partial charge is 0.467 e. The Bertz CT molecular complexity index is 332. The first-order valence-electron chi connectivity index (χ1n) is 4.47. The Kier molecular flexibility index (Phi) is 4.21. The molecule has 0 aliphatic carbocycles. The molecule has 1 rings (SSSR count). The number of nitrogens with zero attached hydrogens (tertiary/aromatic N) is 1. The van der Waals surface area contributed by atoms with Gasteiger partial charge in [-0.15, -0.1) is 0 Å². The van der Waals surface area contributed by atoms with E-state index in [1.807, 2.05) is 0 Å². The van der Waals surface area contributed by atoms with Crippen molar-refractivity contribution in [1.82, 2.24) is 10.6 Å². The van der Waals surface area contributed by atoms with Crippen molar-refractivity contribution in [3.63, 3.8) is 0 Å². The van der Waals surface area contributed by atoms with Crippen molar-refractivity contribution >= 4 is 11.9 Å². The SMILES string of the molecule is CN=C(N)NCC(=O)NCc1ccco1. The van der Waals surface area contributed by atoms with Gasteiger partial charge in [-0.25, -0.2) is 0 Å². The number of nitrogens with two attached hydrogens (primary N) is 1. The van der Waals surface area contributed by atoms with Gasteiger partial charge in [-0.2, -0.15) is 0 Å². The van der Waals surface area contributed by atoms with Crippen LogP contribution in [0, 0.1) is 0 Å². The normalized spacial score (nSPS) is 11.1. The van der Waals surface area contributed by atoms with Gasteiger partial charge < -0.3 is 20.8 Å². The molecule has 1 aromatic rings. The van der Waals surface area contributed by atoms with Gasteiger partial charge in [0, 0.05) is 7.05 Å².